The van der Waals surface area contributed by atoms with Crippen LogP contribution in [0, 0.1) is 11.3 Å². The van der Waals surface area contributed by atoms with Gasteiger partial charge in [-0.2, -0.15) is 10.2 Å². The lowest BCUT2D eigenvalue weighted by Gasteiger charge is -2.12. The van der Waals surface area contributed by atoms with Crippen LogP contribution in [0.2, 0.25) is 0 Å². The molecular weight excluding hydrogens is 278 g/mol. The average Bonchev–Trinajstić information content (AvgIpc) is 3.22. The van der Waals surface area contributed by atoms with Crippen molar-refractivity contribution in [1.82, 2.24) is 4.98 Å². The van der Waals surface area contributed by atoms with Crippen LogP contribution in [-0.2, 0) is 0 Å². The number of hydrogen-bond acceptors (Lipinski definition) is 5. The van der Waals surface area contributed by atoms with Gasteiger partial charge in [0, 0.05) is 19.2 Å². The van der Waals surface area contributed by atoms with Crippen LogP contribution in [0.5, 0.6) is 5.75 Å². The second-order valence-corrected chi connectivity index (χ2v) is 5.12. The Morgan fingerprint density at radius 3 is 2.86 bits per heavy atom. The van der Waals surface area contributed by atoms with Crippen molar-refractivity contribution in [3.8, 4) is 11.8 Å². The first-order valence-corrected chi connectivity index (χ1v) is 7.28. The number of methoxy groups -OCH3 is 1. The molecule has 22 heavy (non-hydrogen) atoms. The number of nitrogens with zero attached hydrogens (tertiary/aromatic N) is 3. The SMILES string of the molecule is COc1cccc(C=Cc2nc(C#N)c(N3CCCC3)o2)c1. The third kappa shape index (κ3) is 2.96. The molecule has 1 saturated heterocycles. The van der Waals surface area contributed by atoms with E-state index in [2.05, 4.69) is 16.0 Å². The molecule has 0 saturated carbocycles. The van der Waals surface area contributed by atoms with E-state index in [0.29, 0.717) is 17.5 Å². The minimum atomic E-state index is 0.354. The molecule has 0 N–H and O–H groups in total. The number of ether oxygens (including phenoxy) is 1. The standard InChI is InChI=1S/C17H17N3O2/c1-21-14-6-4-5-13(11-14)7-8-16-19-15(12-18)17(22-16)20-9-2-3-10-20/h4-8,11H,2-3,9-10H2,1H3. The molecule has 1 aliphatic heterocycles. The highest BCUT2D eigenvalue weighted by atomic mass is 16.5. The summed E-state index contributed by atoms with van der Waals surface area (Å²) >= 11 is 0. The van der Waals surface area contributed by atoms with Crippen molar-refractivity contribution in [3.05, 3.63) is 41.4 Å². The molecule has 1 aromatic carbocycles. The summed E-state index contributed by atoms with van der Waals surface area (Å²) in [7, 11) is 1.64. The summed E-state index contributed by atoms with van der Waals surface area (Å²) in [5.41, 5.74) is 1.34. The molecule has 0 aliphatic carbocycles. The highest BCUT2D eigenvalue weighted by molar-refractivity contribution is 5.68. The lowest BCUT2D eigenvalue weighted by atomic mass is 10.2. The van der Waals surface area contributed by atoms with E-state index in [4.69, 9.17) is 9.15 Å². The van der Waals surface area contributed by atoms with Crippen molar-refractivity contribution >= 4 is 18.0 Å². The van der Waals surface area contributed by atoms with Crippen molar-refractivity contribution < 1.29 is 9.15 Å². The largest absolute Gasteiger partial charge is 0.497 e. The number of anilines is 1. The molecule has 0 unspecified atom stereocenters. The molecule has 5 heteroatoms. The second-order valence-electron chi connectivity index (χ2n) is 5.12. The van der Waals surface area contributed by atoms with Crippen molar-refractivity contribution in [2.24, 2.45) is 0 Å². The van der Waals surface area contributed by atoms with Gasteiger partial charge < -0.3 is 14.1 Å². The van der Waals surface area contributed by atoms with E-state index < -0.39 is 0 Å². The van der Waals surface area contributed by atoms with Crippen LogP contribution < -0.4 is 9.64 Å². The maximum atomic E-state index is 9.21. The van der Waals surface area contributed by atoms with E-state index >= 15 is 0 Å². The van der Waals surface area contributed by atoms with Gasteiger partial charge in [0.1, 0.15) is 11.8 Å². The molecule has 1 aliphatic rings. The maximum absolute atomic E-state index is 9.21. The quantitative estimate of drug-likeness (QED) is 0.865. The average molecular weight is 295 g/mol. The summed E-state index contributed by atoms with van der Waals surface area (Å²) in [6.07, 6.45) is 5.92. The van der Waals surface area contributed by atoms with E-state index in [1.54, 1.807) is 13.2 Å². The highest BCUT2D eigenvalue weighted by Crippen LogP contribution is 2.26. The van der Waals surface area contributed by atoms with Gasteiger partial charge in [0.05, 0.1) is 7.11 Å². The third-order valence-electron chi connectivity index (χ3n) is 3.64. The maximum Gasteiger partial charge on any atom is 0.235 e. The topological polar surface area (TPSA) is 62.3 Å². The van der Waals surface area contributed by atoms with Crippen LogP contribution in [-0.4, -0.2) is 25.2 Å². The van der Waals surface area contributed by atoms with Gasteiger partial charge in [0.15, 0.2) is 0 Å². The van der Waals surface area contributed by atoms with Crippen molar-refractivity contribution in [1.29, 1.82) is 5.26 Å². The molecule has 0 spiro atoms. The summed E-state index contributed by atoms with van der Waals surface area (Å²) in [4.78, 5) is 6.32. The molecule has 112 valence electrons. The number of nitriles is 1. The fourth-order valence-corrected chi connectivity index (χ4v) is 2.52. The predicted octanol–water partition coefficient (Wildman–Crippen LogP) is 3.33. The molecule has 5 nitrogen and oxygen atoms in total. The lowest BCUT2D eigenvalue weighted by molar-refractivity contribution is 0.414. The van der Waals surface area contributed by atoms with Gasteiger partial charge in [-0.3, -0.25) is 0 Å². The first-order valence-electron chi connectivity index (χ1n) is 7.28. The van der Waals surface area contributed by atoms with Crippen LogP contribution in [0.15, 0.2) is 28.7 Å². The van der Waals surface area contributed by atoms with Gasteiger partial charge in [-0.05, 0) is 36.6 Å². The Hall–Kier alpha value is -2.74. The summed E-state index contributed by atoms with van der Waals surface area (Å²) in [6, 6.07) is 9.81. The van der Waals surface area contributed by atoms with Gasteiger partial charge >= 0.3 is 0 Å². The van der Waals surface area contributed by atoms with Gasteiger partial charge in [-0.25, -0.2) is 0 Å². The molecular formula is C17H17N3O2. The van der Waals surface area contributed by atoms with Crippen LogP contribution in [0.25, 0.3) is 12.2 Å². The molecule has 1 aromatic heterocycles. The Labute approximate surface area is 129 Å². The van der Waals surface area contributed by atoms with Crippen LogP contribution >= 0.6 is 0 Å². The molecule has 0 amide bonds. The minimum Gasteiger partial charge on any atom is -0.497 e. The fourth-order valence-electron chi connectivity index (χ4n) is 2.52. The zero-order chi connectivity index (χ0) is 15.4. The normalized spacial score (nSPS) is 14.5. The third-order valence-corrected chi connectivity index (χ3v) is 3.64. The Bertz CT molecular complexity index is 722. The highest BCUT2D eigenvalue weighted by Gasteiger charge is 2.21. The van der Waals surface area contributed by atoms with E-state index in [1.807, 2.05) is 30.3 Å². The summed E-state index contributed by atoms with van der Waals surface area (Å²) in [5, 5.41) is 9.21. The van der Waals surface area contributed by atoms with E-state index in [9.17, 15) is 5.26 Å². The second kappa shape index (κ2) is 6.35. The van der Waals surface area contributed by atoms with E-state index in [0.717, 1.165) is 37.2 Å². The van der Waals surface area contributed by atoms with E-state index in [1.165, 1.54) is 0 Å². The monoisotopic (exact) mass is 295 g/mol. The molecule has 1 fully saturated rings. The van der Waals surface area contributed by atoms with Crippen LogP contribution in [0.4, 0.5) is 5.88 Å². The number of oxazole rings is 1. The zero-order valence-electron chi connectivity index (χ0n) is 12.5. The van der Waals surface area contributed by atoms with Crippen LogP contribution in [0.3, 0.4) is 0 Å². The Kier molecular flexibility index (Phi) is 4.10. The first-order chi connectivity index (χ1) is 10.8. The number of hydrogen-bond donors (Lipinski definition) is 0. The van der Waals surface area contributed by atoms with Crippen molar-refractivity contribution in [2.45, 2.75) is 12.8 Å². The number of rotatable bonds is 4. The van der Waals surface area contributed by atoms with Gasteiger partial charge in [0.2, 0.25) is 17.5 Å². The van der Waals surface area contributed by atoms with Crippen LogP contribution in [0.1, 0.15) is 30.0 Å². The molecule has 3 rings (SSSR count). The molecule has 0 atom stereocenters. The smallest absolute Gasteiger partial charge is 0.235 e. The zero-order valence-corrected chi connectivity index (χ0v) is 12.5. The number of aromatic nitrogens is 1. The lowest BCUT2D eigenvalue weighted by Crippen LogP contribution is -2.17. The van der Waals surface area contributed by atoms with E-state index in [-0.39, 0.29) is 0 Å². The molecule has 2 heterocycles. The molecule has 2 aromatic rings. The summed E-state index contributed by atoms with van der Waals surface area (Å²) in [6.45, 7) is 1.84. The molecule has 0 bridgehead atoms. The van der Waals surface area contributed by atoms with Crippen molar-refractivity contribution in [3.63, 3.8) is 0 Å². The van der Waals surface area contributed by atoms with Crippen molar-refractivity contribution in [2.75, 3.05) is 25.1 Å². The van der Waals surface area contributed by atoms with Gasteiger partial charge in [0.25, 0.3) is 0 Å². The molecule has 0 radical (unpaired) electrons. The predicted molar refractivity (Wildman–Crippen MR) is 84.6 cm³/mol. The minimum absolute atomic E-state index is 0.354. The summed E-state index contributed by atoms with van der Waals surface area (Å²) < 4.78 is 10.9. The Balaban J connectivity index is 1.83. The van der Waals surface area contributed by atoms with Gasteiger partial charge in [-0.15, -0.1) is 0 Å². The summed E-state index contributed by atoms with van der Waals surface area (Å²) in [5.74, 6) is 1.83. The van der Waals surface area contributed by atoms with Gasteiger partial charge in [-0.1, -0.05) is 12.1 Å². The Morgan fingerprint density at radius 1 is 1.32 bits per heavy atom. The fraction of sp³-hybridized carbons (Fsp3) is 0.294. The number of benzene rings is 1. The first kappa shape index (κ1) is 14.2. The Morgan fingerprint density at radius 2 is 2.14 bits per heavy atom.